The Morgan fingerprint density at radius 3 is 2.89 bits per heavy atom. The molecule has 4 nitrogen and oxygen atoms in total. The summed E-state index contributed by atoms with van der Waals surface area (Å²) in [4.78, 5) is 22.3. The van der Waals surface area contributed by atoms with Crippen molar-refractivity contribution in [3.05, 3.63) is 23.8 Å². The van der Waals surface area contributed by atoms with Crippen molar-refractivity contribution >= 4 is 11.9 Å². The molecule has 0 heterocycles. The monoisotopic (exact) mass is 251 g/mol. The molecule has 1 rings (SSSR count). The van der Waals surface area contributed by atoms with Gasteiger partial charge in [0, 0.05) is 18.7 Å². The lowest BCUT2D eigenvalue weighted by molar-refractivity contribution is -0.137. The third kappa shape index (κ3) is 6.23. The van der Waals surface area contributed by atoms with Gasteiger partial charge in [-0.05, 0) is 39.0 Å². The largest absolute Gasteiger partial charge is 0.463 e. The molecule has 0 aromatic carbocycles. The smallest absolute Gasteiger partial charge is 0.330 e. The minimum absolute atomic E-state index is 0.250. The second-order valence-electron chi connectivity index (χ2n) is 4.23. The predicted octanol–water partition coefficient (Wildman–Crippen LogP) is 2.11. The zero-order valence-electron chi connectivity index (χ0n) is 10.9. The number of ether oxygens (including phenoxy) is 1. The molecule has 0 fully saturated rings. The van der Waals surface area contributed by atoms with E-state index >= 15 is 0 Å². The molecule has 0 atom stereocenters. The van der Waals surface area contributed by atoms with Crippen LogP contribution in [0.3, 0.4) is 0 Å². The highest BCUT2D eigenvalue weighted by molar-refractivity contribution is 5.94. The van der Waals surface area contributed by atoms with Gasteiger partial charge in [0.2, 0.25) is 5.91 Å². The van der Waals surface area contributed by atoms with Gasteiger partial charge in [0.05, 0.1) is 6.61 Å². The number of carbonyl (C=O) groups excluding carboxylic acids is 2. The van der Waals surface area contributed by atoms with E-state index < -0.39 is 5.97 Å². The minimum atomic E-state index is -0.484. The lowest BCUT2D eigenvalue weighted by atomic mass is 9.97. The lowest BCUT2D eigenvalue weighted by Crippen LogP contribution is -2.23. The van der Waals surface area contributed by atoms with E-state index in [1.165, 1.54) is 24.5 Å². The van der Waals surface area contributed by atoms with Crippen molar-refractivity contribution in [1.29, 1.82) is 0 Å². The van der Waals surface area contributed by atoms with Gasteiger partial charge in [-0.25, -0.2) is 4.79 Å². The second kappa shape index (κ2) is 8.50. The Balaban J connectivity index is 2.16. The van der Waals surface area contributed by atoms with E-state index in [-0.39, 0.29) is 5.91 Å². The highest BCUT2D eigenvalue weighted by Gasteiger charge is 2.04. The summed E-state index contributed by atoms with van der Waals surface area (Å²) < 4.78 is 4.68. The molecule has 0 saturated heterocycles. The molecule has 0 saturated carbocycles. The molecule has 1 amide bonds. The van der Waals surface area contributed by atoms with Crippen LogP contribution in [0.5, 0.6) is 0 Å². The van der Waals surface area contributed by atoms with E-state index in [0.717, 1.165) is 25.3 Å². The highest BCUT2D eigenvalue weighted by atomic mass is 16.5. The van der Waals surface area contributed by atoms with Crippen LogP contribution in [-0.4, -0.2) is 25.0 Å². The fourth-order valence-corrected chi connectivity index (χ4v) is 1.87. The van der Waals surface area contributed by atoms with Crippen molar-refractivity contribution in [2.24, 2.45) is 0 Å². The van der Waals surface area contributed by atoms with Gasteiger partial charge in [-0.1, -0.05) is 11.6 Å². The van der Waals surface area contributed by atoms with E-state index in [4.69, 9.17) is 0 Å². The van der Waals surface area contributed by atoms with Gasteiger partial charge in [0.15, 0.2) is 0 Å². The molecule has 0 aromatic rings. The molecule has 0 bridgehead atoms. The molecule has 0 aromatic heterocycles. The number of esters is 1. The summed E-state index contributed by atoms with van der Waals surface area (Å²) in [6.07, 6.45) is 10.4. The van der Waals surface area contributed by atoms with E-state index in [9.17, 15) is 9.59 Å². The van der Waals surface area contributed by atoms with Crippen LogP contribution in [0.25, 0.3) is 0 Å². The predicted molar refractivity (Wildman–Crippen MR) is 70.0 cm³/mol. The Labute approximate surface area is 108 Å². The number of hydrogen-bond donors (Lipinski definition) is 1. The van der Waals surface area contributed by atoms with Crippen molar-refractivity contribution in [3.63, 3.8) is 0 Å². The molecule has 0 radical (unpaired) electrons. The third-order valence-electron chi connectivity index (χ3n) is 2.79. The first-order chi connectivity index (χ1) is 8.72. The Kier molecular flexibility index (Phi) is 6.84. The van der Waals surface area contributed by atoms with Crippen LogP contribution < -0.4 is 5.32 Å². The number of amides is 1. The molecule has 4 heteroatoms. The maximum atomic E-state index is 11.4. The van der Waals surface area contributed by atoms with Crippen LogP contribution in [0.1, 0.15) is 39.0 Å². The van der Waals surface area contributed by atoms with Gasteiger partial charge >= 0.3 is 5.97 Å². The Morgan fingerprint density at radius 1 is 1.39 bits per heavy atom. The third-order valence-corrected chi connectivity index (χ3v) is 2.79. The Bertz CT molecular complexity index is 345. The normalized spacial score (nSPS) is 15.3. The molecule has 18 heavy (non-hydrogen) atoms. The number of rotatable bonds is 6. The summed E-state index contributed by atoms with van der Waals surface area (Å²) >= 11 is 0. The van der Waals surface area contributed by atoms with Crippen LogP contribution in [-0.2, 0) is 14.3 Å². The molecule has 1 N–H and O–H groups in total. The number of hydrogen-bond acceptors (Lipinski definition) is 3. The van der Waals surface area contributed by atoms with E-state index in [2.05, 4.69) is 16.1 Å². The maximum Gasteiger partial charge on any atom is 0.330 e. The molecule has 0 spiro atoms. The summed E-state index contributed by atoms with van der Waals surface area (Å²) in [6.45, 7) is 2.67. The first kappa shape index (κ1) is 14.5. The summed E-state index contributed by atoms with van der Waals surface area (Å²) in [7, 11) is 0. The summed E-state index contributed by atoms with van der Waals surface area (Å²) in [5.74, 6) is -0.734. The Hall–Kier alpha value is -1.58. The van der Waals surface area contributed by atoms with Crippen LogP contribution in [0.2, 0.25) is 0 Å². The molecule has 100 valence electrons. The Morgan fingerprint density at radius 2 is 2.22 bits per heavy atom. The first-order valence-corrected chi connectivity index (χ1v) is 6.53. The van der Waals surface area contributed by atoms with Crippen LogP contribution in [0.4, 0.5) is 0 Å². The molecular formula is C14H21NO3. The molecule has 1 aliphatic rings. The topological polar surface area (TPSA) is 55.4 Å². The average Bonchev–Trinajstić information content (AvgIpc) is 2.38. The summed E-state index contributed by atoms with van der Waals surface area (Å²) in [5.41, 5.74) is 1.43. The first-order valence-electron chi connectivity index (χ1n) is 6.53. The molecule has 0 unspecified atom stereocenters. The van der Waals surface area contributed by atoms with Gasteiger partial charge in [-0.2, -0.15) is 0 Å². The summed E-state index contributed by atoms with van der Waals surface area (Å²) in [6, 6.07) is 0. The van der Waals surface area contributed by atoms with Gasteiger partial charge in [-0.3, -0.25) is 4.79 Å². The van der Waals surface area contributed by atoms with Gasteiger partial charge in [0.1, 0.15) is 0 Å². The van der Waals surface area contributed by atoms with Gasteiger partial charge < -0.3 is 10.1 Å². The van der Waals surface area contributed by atoms with Crippen LogP contribution in [0, 0.1) is 0 Å². The number of allylic oxidation sites excluding steroid dienone is 1. The fraction of sp³-hybridized carbons (Fsp3) is 0.571. The van der Waals surface area contributed by atoms with Crippen molar-refractivity contribution in [2.45, 2.75) is 39.0 Å². The number of carbonyl (C=O) groups is 2. The van der Waals surface area contributed by atoms with E-state index in [0.29, 0.717) is 13.2 Å². The fourth-order valence-electron chi connectivity index (χ4n) is 1.87. The van der Waals surface area contributed by atoms with Gasteiger partial charge in [0.25, 0.3) is 0 Å². The molecular weight excluding hydrogens is 230 g/mol. The van der Waals surface area contributed by atoms with E-state index in [1.807, 2.05) is 0 Å². The minimum Gasteiger partial charge on any atom is -0.463 e. The van der Waals surface area contributed by atoms with Crippen molar-refractivity contribution in [3.8, 4) is 0 Å². The SMILES string of the molecule is CCOC(=O)C=CC(=O)NCCC1=CCCCC1. The standard InChI is InChI=1S/C14H21NO3/c1-2-18-14(17)9-8-13(16)15-11-10-12-6-4-3-5-7-12/h6,8-9H,2-5,7,10-11H2,1H3,(H,15,16). The lowest BCUT2D eigenvalue weighted by Gasteiger charge is -2.12. The summed E-state index contributed by atoms with van der Waals surface area (Å²) in [5, 5.41) is 2.75. The average molecular weight is 251 g/mol. The van der Waals surface area contributed by atoms with Gasteiger partial charge in [-0.15, -0.1) is 0 Å². The van der Waals surface area contributed by atoms with Crippen LogP contribution >= 0.6 is 0 Å². The number of nitrogens with one attached hydrogen (secondary N) is 1. The second-order valence-corrected chi connectivity index (χ2v) is 4.23. The van der Waals surface area contributed by atoms with Crippen molar-refractivity contribution in [2.75, 3.05) is 13.2 Å². The van der Waals surface area contributed by atoms with E-state index in [1.54, 1.807) is 6.92 Å². The maximum absolute atomic E-state index is 11.4. The zero-order valence-corrected chi connectivity index (χ0v) is 10.9. The van der Waals surface area contributed by atoms with Crippen molar-refractivity contribution < 1.29 is 14.3 Å². The zero-order chi connectivity index (χ0) is 13.2. The molecule has 0 aliphatic heterocycles. The van der Waals surface area contributed by atoms with Crippen molar-refractivity contribution in [1.82, 2.24) is 5.32 Å². The van der Waals surface area contributed by atoms with Crippen LogP contribution in [0.15, 0.2) is 23.8 Å². The quantitative estimate of drug-likeness (QED) is 0.447. The highest BCUT2D eigenvalue weighted by Crippen LogP contribution is 2.19. The molecule has 1 aliphatic carbocycles.